The van der Waals surface area contributed by atoms with Crippen molar-refractivity contribution in [2.45, 2.75) is 39.2 Å². The maximum atomic E-state index is 11.4. The number of esters is 1. The van der Waals surface area contributed by atoms with E-state index in [2.05, 4.69) is 26.9 Å². The largest absolute Gasteiger partial charge is 0.464 e. The number of nitrogens with one attached hydrogen (secondary N) is 1. The topological polar surface area (TPSA) is 73.3 Å². The molecule has 0 aliphatic rings. The fraction of sp³-hybridized carbons (Fsp3) is 0.667. The van der Waals surface area contributed by atoms with Crippen molar-refractivity contribution >= 4 is 5.97 Å². The number of rotatable bonds is 9. The quantitative estimate of drug-likeness (QED) is 0.555. The van der Waals surface area contributed by atoms with E-state index in [9.17, 15) is 4.79 Å². The highest BCUT2D eigenvalue weighted by Crippen LogP contribution is 2.19. The molecule has 21 heavy (non-hydrogen) atoms. The van der Waals surface area contributed by atoms with Crippen molar-refractivity contribution in [3.63, 3.8) is 0 Å². The van der Waals surface area contributed by atoms with Gasteiger partial charge in [-0.1, -0.05) is 6.92 Å². The molecule has 0 aliphatic heterocycles. The van der Waals surface area contributed by atoms with Crippen molar-refractivity contribution < 1.29 is 14.3 Å². The summed E-state index contributed by atoms with van der Waals surface area (Å²) in [6.45, 7) is 5.16. The van der Waals surface area contributed by atoms with Crippen LogP contribution in [-0.4, -0.2) is 42.7 Å². The van der Waals surface area contributed by atoms with Crippen LogP contribution in [0.3, 0.4) is 0 Å². The Kier molecular flexibility index (Phi) is 7.68. The van der Waals surface area contributed by atoms with Gasteiger partial charge in [0.25, 0.3) is 0 Å². The fourth-order valence-electron chi connectivity index (χ4n) is 2.19. The molecule has 2 atom stereocenters. The Morgan fingerprint density at radius 2 is 2.24 bits per heavy atom. The Hall–Kier alpha value is -1.69. The van der Waals surface area contributed by atoms with E-state index < -0.39 is 5.97 Å². The minimum absolute atomic E-state index is 0.000229. The van der Waals surface area contributed by atoms with Crippen molar-refractivity contribution in [2.75, 3.05) is 20.7 Å². The summed E-state index contributed by atoms with van der Waals surface area (Å²) in [5.74, 6) is -0.0558. The zero-order valence-corrected chi connectivity index (χ0v) is 13.3. The van der Waals surface area contributed by atoms with Crippen LogP contribution in [-0.2, 0) is 4.74 Å². The highest BCUT2D eigenvalue weighted by atomic mass is 16.5. The summed E-state index contributed by atoms with van der Waals surface area (Å²) in [4.78, 5) is 19.6. The lowest BCUT2D eigenvalue weighted by Crippen LogP contribution is -2.25. The second kappa shape index (κ2) is 9.28. The number of carbonyl (C=O) groups excluding carboxylic acids is 1. The van der Waals surface area contributed by atoms with Crippen LogP contribution in [0.4, 0.5) is 0 Å². The Bertz CT molecular complexity index is 440. The first-order chi connectivity index (χ1) is 10.1. The maximum Gasteiger partial charge on any atom is 0.356 e. The molecule has 0 unspecified atom stereocenters. The first kappa shape index (κ1) is 17.4. The van der Waals surface area contributed by atoms with Gasteiger partial charge in [0.15, 0.2) is 5.69 Å². The van der Waals surface area contributed by atoms with Crippen LogP contribution in [0.25, 0.3) is 0 Å². The van der Waals surface area contributed by atoms with E-state index in [-0.39, 0.29) is 17.8 Å². The standard InChI is InChI=1S/C15H25N3O3/c1-5-12(7-6-9-16-3)11(2)21-15-17-10-8-13(18-15)14(19)20-4/h8,10-12,16H,5-7,9H2,1-4H3/t11-,12-/m0/s1. The zero-order chi connectivity index (χ0) is 15.7. The molecule has 0 radical (unpaired) electrons. The van der Waals surface area contributed by atoms with Gasteiger partial charge in [0.05, 0.1) is 7.11 Å². The average molecular weight is 295 g/mol. The molecule has 1 N–H and O–H groups in total. The Balaban J connectivity index is 2.63. The van der Waals surface area contributed by atoms with Gasteiger partial charge < -0.3 is 14.8 Å². The summed E-state index contributed by atoms with van der Waals surface area (Å²) < 4.78 is 10.4. The van der Waals surface area contributed by atoms with Crippen molar-refractivity contribution in [3.05, 3.63) is 18.0 Å². The molecule has 1 heterocycles. The van der Waals surface area contributed by atoms with Gasteiger partial charge in [0.2, 0.25) is 0 Å². The number of aromatic nitrogens is 2. The van der Waals surface area contributed by atoms with E-state index in [4.69, 9.17) is 4.74 Å². The van der Waals surface area contributed by atoms with Crippen LogP contribution < -0.4 is 10.1 Å². The normalized spacial score (nSPS) is 13.5. The smallest absolute Gasteiger partial charge is 0.356 e. The summed E-state index contributed by atoms with van der Waals surface area (Å²) in [5, 5.41) is 3.15. The van der Waals surface area contributed by atoms with Crippen LogP contribution in [0.15, 0.2) is 12.3 Å². The van der Waals surface area contributed by atoms with E-state index in [0.29, 0.717) is 5.92 Å². The Labute approximate surface area is 126 Å². The van der Waals surface area contributed by atoms with E-state index in [1.807, 2.05) is 14.0 Å². The first-order valence-electron chi connectivity index (χ1n) is 7.35. The van der Waals surface area contributed by atoms with Crippen molar-refractivity contribution in [2.24, 2.45) is 5.92 Å². The van der Waals surface area contributed by atoms with Gasteiger partial charge in [-0.05, 0) is 51.8 Å². The summed E-state index contributed by atoms with van der Waals surface area (Å²) >= 11 is 0. The lowest BCUT2D eigenvalue weighted by atomic mass is 9.95. The van der Waals surface area contributed by atoms with Crippen LogP contribution in [0.1, 0.15) is 43.6 Å². The lowest BCUT2D eigenvalue weighted by Gasteiger charge is -2.22. The lowest BCUT2D eigenvalue weighted by molar-refractivity contribution is 0.0589. The molecule has 0 aromatic carbocycles. The molecular weight excluding hydrogens is 270 g/mol. The van der Waals surface area contributed by atoms with Crippen LogP contribution >= 0.6 is 0 Å². The maximum absolute atomic E-state index is 11.4. The van der Waals surface area contributed by atoms with E-state index >= 15 is 0 Å². The van der Waals surface area contributed by atoms with E-state index in [1.54, 1.807) is 0 Å². The number of hydrogen-bond acceptors (Lipinski definition) is 6. The van der Waals surface area contributed by atoms with Crippen molar-refractivity contribution in [1.29, 1.82) is 0 Å². The predicted octanol–water partition coefficient (Wildman–Crippen LogP) is 2.06. The molecular formula is C15H25N3O3. The SMILES string of the molecule is CC[C@@H](CCCNC)[C@H](C)Oc1nccc(C(=O)OC)n1. The van der Waals surface area contributed by atoms with Gasteiger partial charge in [-0.15, -0.1) is 0 Å². The van der Waals surface area contributed by atoms with Gasteiger partial charge in [0.1, 0.15) is 6.10 Å². The summed E-state index contributed by atoms with van der Waals surface area (Å²) in [6.07, 6.45) is 4.71. The van der Waals surface area contributed by atoms with Gasteiger partial charge >= 0.3 is 12.0 Å². The third kappa shape index (κ3) is 5.67. The molecule has 1 aromatic heterocycles. The molecule has 0 aliphatic carbocycles. The molecule has 0 amide bonds. The zero-order valence-electron chi connectivity index (χ0n) is 13.3. The average Bonchev–Trinajstić information content (AvgIpc) is 2.51. The first-order valence-corrected chi connectivity index (χ1v) is 7.35. The monoisotopic (exact) mass is 295 g/mol. The summed E-state index contributed by atoms with van der Waals surface area (Å²) in [7, 11) is 3.27. The van der Waals surface area contributed by atoms with Crippen LogP contribution in [0.2, 0.25) is 0 Å². The van der Waals surface area contributed by atoms with Crippen molar-refractivity contribution in [1.82, 2.24) is 15.3 Å². The van der Waals surface area contributed by atoms with Crippen LogP contribution in [0.5, 0.6) is 6.01 Å². The Morgan fingerprint density at radius 3 is 2.86 bits per heavy atom. The number of methoxy groups -OCH3 is 1. The highest BCUT2D eigenvalue weighted by molar-refractivity contribution is 5.86. The molecule has 6 heteroatoms. The highest BCUT2D eigenvalue weighted by Gasteiger charge is 2.18. The number of nitrogens with zero attached hydrogens (tertiary/aromatic N) is 2. The predicted molar refractivity (Wildman–Crippen MR) is 80.4 cm³/mol. The number of hydrogen-bond donors (Lipinski definition) is 1. The second-order valence-electron chi connectivity index (χ2n) is 4.95. The van der Waals surface area contributed by atoms with Gasteiger partial charge in [-0.3, -0.25) is 0 Å². The van der Waals surface area contributed by atoms with E-state index in [1.165, 1.54) is 19.4 Å². The third-order valence-corrected chi connectivity index (χ3v) is 3.51. The minimum atomic E-state index is -0.490. The molecule has 6 nitrogen and oxygen atoms in total. The third-order valence-electron chi connectivity index (χ3n) is 3.51. The van der Waals surface area contributed by atoms with Gasteiger partial charge in [0, 0.05) is 6.20 Å². The van der Waals surface area contributed by atoms with Crippen LogP contribution in [0, 0.1) is 5.92 Å². The Morgan fingerprint density at radius 1 is 1.48 bits per heavy atom. The molecule has 118 valence electrons. The molecule has 0 saturated heterocycles. The fourth-order valence-corrected chi connectivity index (χ4v) is 2.19. The second-order valence-corrected chi connectivity index (χ2v) is 4.95. The number of ether oxygens (including phenoxy) is 2. The summed E-state index contributed by atoms with van der Waals surface area (Å²) in [6, 6.07) is 1.73. The molecule has 1 aromatic rings. The molecule has 0 spiro atoms. The van der Waals surface area contributed by atoms with E-state index in [0.717, 1.165) is 25.8 Å². The molecule has 1 rings (SSSR count). The van der Waals surface area contributed by atoms with Gasteiger partial charge in [-0.25, -0.2) is 9.78 Å². The summed E-state index contributed by atoms with van der Waals surface area (Å²) in [5.41, 5.74) is 0.206. The molecule has 0 fully saturated rings. The van der Waals surface area contributed by atoms with Gasteiger partial charge in [-0.2, -0.15) is 4.98 Å². The minimum Gasteiger partial charge on any atom is -0.464 e. The van der Waals surface area contributed by atoms with Crippen molar-refractivity contribution in [3.8, 4) is 6.01 Å². The molecule has 0 saturated carbocycles. The molecule has 0 bridgehead atoms. The number of carbonyl (C=O) groups is 1.